The van der Waals surface area contributed by atoms with Gasteiger partial charge in [0.25, 0.3) is 0 Å². The smallest absolute Gasteiger partial charge is 0.410 e. The lowest BCUT2D eigenvalue weighted by Gasteiger charge is -2.26. The molecule has 0 saturated heterocycles. The zero-order chi connectivity index (χ0) is 14.0. The van der Waals surface area contributed by atoms with Gasteiger partial charge in [-0.1, -0.05) is 24.3 Å². The predicted molar refractivity (Wildman–Crippen MR) is 74.6 cm³/mol. The number of carbonyl (C=O) groups excluding carboxylic acids is 1. The maximum absolute atomic E-state index is 12.1. The lowest BCUT2D eigenvalue weighted by Crippen LogP contribution is -2.36. The molecule has 1 aliphatic rings. The van der Waals surface area contributed by atoms with Crippen molar-refractivity contribution in [3.63, 3.8) is 0 Å². The Bertz CT molecular complexity index is 465. The van der Waals surface area contributed by atoms with E-state index < -0.39 is 5.60 Å². The number of nitrogens with zero attached hydrogens (tertiary/aromatic N) is 1. The predicted octanol–water partition coefficient (Wildman–Crippen LogP) is 2.83. The van der Waals surface area contributed by atoms with Crippen LogP contribution in [0.2, 0.25) is 0 Å². The molecule has 1 atom stereocenters. The molecule has 1 heterocycles. The lowest BCUT2D eigenvalue weighted by molar-refractivity contribution is 0.0235. The summed E-state index contributed by atoms with van der Waals surface area (Å²) in [5.41, 5.74) is 7.93. The molecule has 104 valence electrons. The summed E-state index contributed by atoms with van der Waals surface area (Å²) in [6, 6.07) is 8.02. The van der Waals surface area contributed by atoms with E-state index in [0.29, 0.717) is 13.1 Å². The van der Waals surface area contributed by atoms with Crippen molar-refractivity contribution >= 4 is 6.09 Å². The maximum atomic E-state index is 12.1. The summed E-state index contributed by atoms with van der Waals surface area (Å²) < 4.78 is 5.43. The van der Waals surface area contributed by atoms with E-state index in [-0.39, 0.29) is 12.1 Å². The summed E-state index contributed by atoms with van der Waals surface area (Å²) in [6.07, 6.45) is 0.493. The molecule has 0 aromatic heterocycles. The number of nitrogens with two attached hydrogens (primary N) is 1. The molecule has 0 saturated carbocycles. The lowest BCUT2D eigenvalue weighted by atomic mass is 10.0. The van der Waals surface area contributed by atoms with E-state index in [0.717, 1.165) is 17.5 Å². The van der Waals surface area contributed by atoms with Crippen molar-refractivity contribution in [3.05, 3.63) is 35.4 Å². The Morgan fingerprint density at radius 2 is 2.05 bits per heavy atom. The highest BCUT2D eigenvalue weighted by Gasteiger charge is 2.26. The van der Waals surface area contributed by atoms with Crippen molar-refractivity contribution in [1.29, 1.82) is 0 Å². The zero-order valence-corrected chi connectivity index (χ0v) is 11.8. The standard InChI is InChI=1S/C15H22N2O2/c1-15(2,3)19-14(18)17-9-8-13(16)12-7-5-4-6-11(12)10-17/h4-7,13H,8-10,16H2,1-3H3/t13-/m1/s1. The second-order valence-corrected chi connectivity index (χ2v) is 6.00. The fourth-order valence-corrected chi connectivity index (χ4v) is 2.26. The number of benzene rings is 1. The second-order valence-electron chi connectivity index (χ2n) is 6.00. The molecule has 0 spiro atoms. The SMILES string of the molecule is CC(C)(C)OC(=O)N1CC[C@@H](N)c2ccccc2C1. The number of hydrogen-bond donors (Lipinski definition) is 1. The van der Waals surface area contributed by atoms with Gasteiger partial charge >= 0.3 is 6.09 Å². The molecule has 1 aliphatic heterocycles. The van der Waals surface area contributed by atoms with Crippen molar-refractivity contribution in [1.82, 2.24) is 4.90 Å². The minimum Gasteiger partial charge on any atom is -0.444 e. The highest BCUT2D eigenvalue weighted by Crippen LogP contribution is 2.25. The number of rotatable bonds is 0. The molecule has 0 aliphatic carbocycles. The van der Waals surface area contributed by atoms with Crippen molar-refractivity contribution < 1.29 is 9.53 Å². The molecule has 1 amide bonds. The van der Waals surface area contributed by atoms with E-state index in [2.05, 4.69) is 0 Å². The van der Waals surface area contributed by atoms with Crippen LogP contribution in [0.1, 0.15) is 44.4 Å². The molecule has 0 bridgehead atoms. The summed E-state index contributed by atoms with van der Waals surface area (Å²) >= 11 is 0. The summed E-state index contributed by atoms with van der Waals surface area (Å²) in [6.45, 7) is 6.83. The van der Waals surface area contributed by atoms with E-state index in [1.54, 1.807) is 4.90 Å². The van der Waals surface area contributed by atoms with Crippen LogP contribution >= 0.6 is 0 Å². The molecule has 19 heavy (non-hydrogen) atoms. The van der Waals surface area contributed by atoms with Crippen molar-refractivity contribution in [2.75, 3.05) is 6.54 Å². The Hall–Kier alpha value is -1.55. The average molecular weight is 262 g/mol. The van der Waals surface area contributed by atoms with Gasteiger partial charge in [-0.25, -0.2) is 4.79 Å². The van der Waals surface area contributed by atoms with E-state index in [4.69, 9.17) is 10.5 Å². The third-order valence-electron chi connectivity index (χ3n) is 3.18. The normalized spacial score (nSPS) is 19.6. The Balaban J connectivity index is 2.17. The number of amides is 1. The van der Waals surface area contributed by atoms with Gasteiger partial charge in [0.15, 0.2) is 0 Å². The first-order valence-corrected chi connectivity index (χ1v) is 6.68. The minimum atomic E-state index is -0.467. The van der Waals surface area contributed by atoms with Crippen LogP contribution in [0.25, 0.3) is 0 Å². The third-order valence-corrected chi connectivity index (χ3v) is 3.18. The summed E-state index contributed by atoms with van der Waals surface area (Å²) in [4.78, 5) is 13.9. The zero-order valence-electron chi connectivity index (χ0n) is 11.8. The van der Waals surface area contributed by atoms with Gasteiger partial charge in [0.05, 0.1) is 0 Å². The third kappa shape index (κ3) is 3.47. The molecule has 0 fully saturated rings. The molecule has 2 rings (SSSR count). The summed E-state index contributed by atoms with van der Waals surface area (Å²) in [5.74, 6) is 0. The molecule has 1 aromatic carbocycles. The first kappa shape index (κ1) is 13.9. The monoisotopic (exact) mass is 262 g/mol. The van der Waals surface area contributed by atoms with Crippen LogP contribution < -0.4 is 5.73 Å². The Kier molecular flexibility index (Phi) is 3.80. The number of carbonyl (C=O) groups is 1. The van der Waals surface area contributed by atoms with E-state index in [9.17, 15) is 4.79 Å². The van der Waals surface area contributed by atoms with Crippen LogP contribution in [-0.4, -0.2) is 23.1 Å². The van der Waals surface area contributed by atoms with Gasteiger partial charge in [-0.2, -0.15) is 0 Å². The highest BCUT2D eigenvalue weighted by molar-refractivity contribution is 5.68. The van der Waals surface area contributed by atoms with Crippen LogP contribution in [0, 0.1) is 0 Å². The molecular formula is C15H22N2O2. The largest absolute Gasteiger partial charge is 0.444 e. The van der Waals surface area contributed by atoms with Crippen molar-refractivity contribution in [2.45, 2.75) is 45.4 Å². The highest BCUT2D eigenvalue weighted by atomic mass is 16.6. The molecule has 1 aromatic rings. The van der Waals surface area contributed by atoms with Gasteiger partial charge < -0.3 is 15.4 Å². The van der Waals surface area contributed by atoms with E-state index in [1.807, 2.05) is 45.0 Å². The topological polar surface area (TPSA) is 55.6 Å². The first-order valence-electron chi connectivity index (χ1n) is 6.68. The number of ether oxygens (including phenoxy) is 1. The fourth-order valence-electron chi connectivity index (χ4n) is 2.26. The first-order chi connectivity index (χ1) is 8.87. The van der Waals surface area contributed by atoms with E-state index >= 15 is 0 Å². The summed E-state index contributed by atoms with van der Waals surface area (Å²) in [7, 11) is 0. The maximum Gasteiger partial charge on any atom is 0.410 e. The van der Waals surface area contributed by atoms with Gasteiger partial charge in [0.1, 0.15) is 5.60 Å². The molecular weight excluding hydrogens is 240 g/mol. The minimum absolute atomic E-state index is 0.0105. The van der Waals surface area contributed by atoms with Gasteiger partial charge in [-0.15, -0.1) is 0 Å². The molecule has 0 unspecified atom stereocenters. The molecule has 2 N–H and O–H groups in total. The van der Waals surface area contributed by atoms with Gasteiger partial charge in [-0.3, -0.25) is 0 Å². The van der Waals surface area contributed by atoms with Gasteiger partial charge in [-0.05, 0) is 38.3 Å². The van der Waals surface area contributed by atoms with E-state index in [1.165, 1.54) is 0 Å². The second kappa shape index (κ2) is 5.21. The average Bonchev–Trinajstić information content (AvgIpc) is 2.47. The molecule has 0 radical (unpaired) electrons. The number of hydrogen-bond acceptors (Lipinski definition) is 3. The van der Waals surface area contributed by atoms with Gasteiger partial charge in [0.2, 0.25) is 0 Å². The van der Waals surface area contributed by atoms with Crippen LogP contribution in [0.3, 0.4) is 0 Å². The van der Waals surface area contributed by atoms with Crippen LogP contribution in [0.15, 0.2) is 24.3 Å². The Morgan fingerprint density at radius 1 is 1.37 bits per heavy atom. The van der Waals surface area contributed by atoms with Gasteiger partial charge in [0, 0.05) is 19.1 Å². The van der Waals surface area contributed by atoms with Crippen molar-refractivity contribution in [2.24, 2.45) is 5.73 Å². The fraction of sp³-hybridized carbons (Fsp3) is 0.533. The molecule has 4 heteroatoms. The Morgan fingerprint density at radius 3 is 2.74 bits per heavy atom. The van der Waals surface area contributed by atoms with Crippen molar-refractivity contribution in [3.8, 4) is 0 Å². The van der Waals surface area contributed by atoms with Crippen LogP contribution in [0.4, 0.5) is 4.79 Å². The van der Waals surface area contributed by atoms with Crippen LogP contribution in [-0.2, 0) is 11.3 Å². The number of fused-ring (bicyclic) bond motifs is 1. The molecule has 4 nitrogen and oxygen atoms in total. The Labute approximate surface area is 114 Å². The quantitative estimate of drug-likeness (QED) is 0.782. The van der Waals surface area contributed by atoms with Crippen LogP contribution in [0.5, 0.6) is 0 Å². The summed E-state index contributed by atoms with van der Waals surface area (Å²) in [5, 5.41) is 0.